The molecule has 19 heavy (non-hydrogen) atoms. The van der Waals surface area contributed by atoms with E-state index in [1.54, 1.807) is 0 Å². The summed E-state index contributed by atoms with van der Waals surface area (Å²) in [5, 5.41) is 5.85. The van der Waals surface area contributed by atoms with E-state index in [4.69, 9.17) is 0 Å². The van der Waals surface area contributed by atoms with Crippen molar-refractivity contribution < 1.29 is 0 Å². The Bertz CT molecular complexity index is 504. The first-order chi connectivity index (χ1) is 9.22. The van der Waals surface area contributed by atoms with Crippen molar-refractivity contribution in [3.05, 3.63) is 42.7 Å². The summed E-state index contributed by atoms with van der Waals surface area (Å²) in [7, 11) is 0. The van der Waals surface area contributed by atoms with Crippen LogP contribution in [0.5, 0.6) is 0 Å². The zero-order valence-corrected chi connectivity index (χ0v) is 14.6. The van der Waals surface area contributed by atoms with Crippen LogP contribution in [0.15, 0.2) is 28.1 Å². The van der Waals surface area contributed by atoms with Crippen LogP contribution in [-0.2, 0) is 12.8 Å². The Labute approximate surface area is 132 Å². The number of nitrogens with one attached hydrogen (secondary N) is 1. The van der Waals surface area contributed by atoms with Crippen molar-refractivity contribution in [2.24, 2.45) is 0 Å². The largest absolute Gasteiger partial charge is 0.309 e. The van der Waals surface area contributed by atoms with Crippen molar-refractivity contribution >= 4 is 38.6 Å². The number of hydrogen-bond donors (Lipinski definition) is 1. The Morgan fingerprint density at radius 3 is 2.68 bits per heavy atom. The highest BCUT2D eigenvalue weighted by molar-refractivity contribution is 9.10. The molecule has 0 saturated carbocycles. The van der Waals surface area contributed by atoms with Crippen LogP contribution in [0.25, 0.3) is 0 Å². The normalized spacial score (nSPS) is 12.8. The summed E-state index contributed by atoms with van der Waals surface area (Å²) in [4.78, 5) is 4.38. The third-order valence-corrected chi connectivity index (χ3v) is 6.11. The predicted octanol–water partition coefficient (Wildman–Crippen LogP) is 5.42. The van der Waals surface area contributed by atoms with Crippen molar-refractivity contribution in [2.75, 3.05) is 6.54 Å². The molecule has 0 fully saturated rings. The molecule has 2 heterocycles. The van der Waals surface area contributed by atoms with Crippen LogP contribution in [0, 0.1) is 0 Å². The third kappa shape index (κ3) is 4.42. The van der Waals surface area contributed by atoms with E-state index in [-0.39, 0.29) is 0 Å². The molecule has 4 heteroatoms. The first-order valence-corrected chi connectivity index (χ1v) is 9.26. The highest BCUT2D eigenvalue weighted by Crippen LogP contribution is 2.29. The second kappa shape index (κ2) is 7.58. The third-order valence-electron chi connectivity index (χ3n) is 3.04. The average Bonchev–Trinajstić information content (AvgIpc) is 3.03. The van der Waals surface area contributed by atoms with Crippen LogP contribution < -0.4 is 5.32 Å². The Hall–Kier alpha value is -0.160. The van der Waals surface area contributed by atoms with E-state index in [0.717, 1.165) is 19.4 Å². The predicted molar refractivity (Wildman–Crippen MR) is 90.5 cm³/mol. The lowest BCUT2D eigenvalue weighted by molar-refractivity contribution is 0.539. The molecule has 0 amide bonds. The Morgan fingerprint density at radius 1 is 1.26 bits per heavy atom. The lowest BCUT2D eigenvalue weighted by atomic mass is 10.1. The maximum absolute atomic E-state index is 3.68. The number of hydrogen-bond acceptors (Lipinski definition) is 3. The van der Waals surface area contributed by atoms with Gasteiger partial charge in [0.05, 0.1) is 0 Å². The van der Waals surface area contributed by atoms with Crippen LogP contribution in [0.4, 0.5) is 0 Å². The molecule has 2 aromatic heterocycles. The van der Waals surface area contributed by atoms with Crippen molar-refractivity contribution in [2.45, 2.75) is 39.2 Å². The fourth-order valence-corrected chi connectivity index (χ4v) is 4.55. The fourth-order valence-electron chi connectivity index (χ4n) is 2.03. The van der Waals surface area contributed by atoms with E-state index in [1.165, 1.54) is 25.5 Å². The molecule has 0 aliphatic rings. The summed E-state index contributed by atoms with van der Waals surface area (Å²) in [6.45, 7) is 5.52. The fraction of sp³-hybridized carbons (Fsp3) is 0.467. The lowest BCUT2D eigenvalue weighted by Crippen LogP contribution is -2.22. The monoisotopic (exact) mass is 357 g/mol. The van der Waals surface area contributed by atoms with Crippen LogP contribution in [0.3, 0.4) is 0 Å². The summed E-state index contributed by atoms with van der Waals surface area (Å²) in [5.41, 5.74) is 0. The Balaban J connectivity index is 2.10. The van der Waals surface area contributed by atoms with Gasteiger partial charge >= 0.3 is 0 Å². The van der Waals surface area contributed by atoms with Gasteiger partial charge in [-0.2, -0.15) is 0 Å². The average molecular weight is 358 g/mol. The van der Waals surface area contributed by atoms with Gasteiger partial charge in [-0.15, -0.1) is 22.7 Å². The summed E-state index contributed by atoms with van der Waals surface area (Å²) in [6, 6.07) is 7.25. The number of thiophene rings is 2. The maximum Gasteiger partial charge on any atom is 0.0463 e. The van der Waals surface area contributed by atoms with E-state index in [1.807, 2.05) is 22.7 Å². The molecule has 1 unspecified atom stereocenters. The zero-order chi connectivity index (χ0) is 13.7. The minimum Gasteiger partial charge on any atom is -0.309 e. The van der Waals surface area contributed by atoms with Gasteiger partial charge in [0, 0.05) is 36.9 Å². The van der Waals surface area contributed by atoms with Crippen molar-refractivity contribution in [1.82, 2.24) is 5.32 Å². The molecule has 1 N–H and O–H groups in total. The Morgan fingerprint density at radius 2 is 2.11 bits per heavy atom. The van der Waals surface area contributed by atoms with Gasteiger partial charge in [0.25, 0.3) is 0 Å². The van der Waals surface area contributed by atoms with Crippen LogP contribution in [0.1, 0.15) is 40.9 Å². The summed E-state index contributed by atoms with van der Waals surface area (Å²) < 4.78 is 1.20. The van der Waals surface area contributed by atoms with Gasteiger partial charge in [0.15, 0.2) is 0 Å². The second-order valence-electron chi connectivity index (χ2n) is 4.60. The number of rotatable bonds is 7. The van der Waals surface area contributed by atoms with Crippen LogP contribution in [-0.4, -0.2) is 6.54 Å². The van der Waals surface area contributed by atoms with Gasteiger partial charge in [-0.25, -0.2) is 0 Å². The minimum atomic E-state index is 0.454. The molecule has 2 rings (SSSR count). The number of aryl methyl sites for hydroxylation is 1. The molecule has 0 aliphatic carbocycles. The molecular formula is C15H20BrNS2. The molecule has 0 bridgehead atoms. The van der Waals surface area contributed by atoms with E-state index in [9.17, 15) is 0 Å². The molecular weight excluding hydrogens is 338 g/mol. The molecule has 0 aliphatic heterocycles. The van der Waals surface area contributed by atoms with Crippen molar-refractivity contribution in [1.29, 1.82) is 0 Å². The van der Waals surface area contributed by atoms with Gasteiger partial charge in [-0.3, -0.25) is 0 Å². The second-order valence-corrected chi connectivity index (χ2v) is 7.71. The quantitative estimate of drug-likeness (QED) is 0.697. The molecule has 2 aromatic rings. The van der Waals surface area contributed by atoms with Crippen molar-refractivity contribution in [3.8, 4) is 0 Å². The molecule has 1 nitrogen and oxygen atoms in total. The molecule has 0 spiro atoms. The van der Waals surface area contributed by atoms with E-state index >= 15 is 0 Å². The molecule has 0 radical (unpaired) electrons. The van der Waals surface area contributed by atoms with E-state index in [2.05, 4.69) is 58.7 Å². The topological polar surface area (TPSA) is 12.0 Å². The van der Waals surface area contributed by atoms with Gasteiger partial charge in [0.2, 0.25) is 0 Å². The summed E-state index contributed by atoms with van der Waals surface area (Å²) in [6.07, 6.45) is 3.40. The summed E-state index contributed by atoms with van der Waals surface area (Å²) in [5.74, 6) is 0. The highest BCUT2D eigenvalue weighted by Gasteiger charge is 2.14. The molecule has 0 saturated heterocycles. The zero-order valence-electron chi connectivity index (χ0n) is 11.4. The number of halogens is 1. The SMILES string of the molecule is CCCNC(Cc1cc(Br)cs1)c1ccc(CC)s1. The van der Waals surface area contributed by atoms with Gasteiger partial charge in [-0.05, 0) is 53.5 Å². The van der Waals surface area contributed by atoms with Crippen molar-refractivity contribution in [3.63, 3.8) is 0 Å². The molecule has 0 aromatic carbocycles. The smallest absolute Gasteiger partial charge is 0.0463 e. The standard InChI is InChI=1S/C15H20BrNS2/c1-3-7-17-14(9-13-8-11(16)10-18-13)15-6-5-12(4-2)19-15/h5-6,8,10,14,17H,3-4,7,9H2,1-2H3. The Kier molecular flexibility index (Phi) is 6.07. The molecule has 1 atom stereocenters. The lowest BCUT2D eigenvalue weighted by Gasteiger charge is -2.16. The van der Waals surface area contributed by atoms with Crippen LogP contribution >= 0.6 is 38.6 Å². The first-order valence-electron chi connectivity index (χ1n) is 6.77. The minimum absolute atomic E-state index is 0.454. The van der Waals surface area contributed by atoms with Gasteiger partial charge in [0.1, 0.15) is 0 Å². The van der Waals surface area contributed by atoms with Crippen LogP contribution in [0.2, 0.25) is 0 Å². The van der Waals surface area contributed by atoms with E-state index in [0.29, 0.717) is 6.04 Å². The maximum atomic E-state index is 3.68. The molecule has 104 valence electrons. The van der Waals surface area contributed by atoms with Gasteiger partial charge < -0.3 is 5.32 Å². The highest BCUT2D eigenvalue weighted by atomic mass is 79.9. The van der Waals surface area contributed by atoms with Gasteiger partial charge in [-0.1, -0.05) is 13.8 Å². The first kappa shape index (κ1) is 15.2. The summed E-state index contributed by atoms with van der Waals surface area (Å²) >= 11 is 7.32. The van der Waals surface area contributed by atoms with E-state index < -0.39 is 0 Å².